The van der Waals surface area contributed by atoms with Gasteiger partial charge in [0.05, 0.1) is 26.8 Å². The topological polar surface area (TPSA) is 0 Å². The smallest absolute Gasteiger partial charge is 0.0872 e. The molecule has 0 aromatic carbocycles. The summed E-state index contributed by atoms with van der Waals surface area (Å²) in [6.45, 7) is 1.22. The zero-order valence-electron chi connectivity index (χ0n) is 7.75. The molecule has 0 amide bonds. The first-order valence-corrected chi connectivity index (χ1v) is 4.44. The van der Waals surface area contributed by atoms with Gasteiger partial charge in [-0.25, -0.2) is 0 Å². The lowest BCUT2D eigenvalue weighted by molar-refractivity contribution is -0.778. The average molecular weight is 159 g/mol. The van der Waals surface area contributed by atoms with Crippen LogP contribution in [0.1, 0.15) is 6.42 Å². The number of allylic oxidation sites excluding steroid dienone is 3. The quantitative estimate of drug-likeness (QED) is 0.369. The summed E-state index contributed by atoms with van der Waals surface area (Å²) < 4.78 is 1.01. The van der Waals surface area contributed by atoms with Gasteiger partial charge in [0, 0.05) is 32.2 Å². The molecule has 0 aromatic heterocycles. The first-order chi connectivity index (χ1) is 5.67. The molecule has 1 aliphatic heterocycles. The van der Waals surface area contributed by atoms with Gasteiger partial charge in [-0.1, -0.05) is 0 Å². The molecule has 0 N–H and O–H groups in total. The van der Waals surface area contributed by atoms with E-state index in [0.717, 1.165) is 4.39 Å². The first kappa shape index (κ1) is 8.00. The zero-order chi connectivity index (χ0) is 8.60. The van der Waals surface area contributed by atoms with E-state index < -0.39 is 0 Å². The van der Waals surface area contributed by atoms with Crippen molar-refractivity contribution in [2.24, 2.45) is 0 Å². The summed E-state index contributed by atoms with van der Waals surface area (Å²) in [6.07, 6.45) is 9.87. The highest BCUT2D eigenvalue weighted by atomic mass is 15.2. The Bertz CT molecular complexity index is 251. The molecule has 0 saturated carbocycles. The van der Waals surface area contributed by atoms with Gasteiger partial charge in [0.1, 0.15) is 0 Å². The summed E-state index contributed by atoms with van der Waals surface area (Å²) in [7, 11) is 6.82. The predicted molar refractivity (Wildman–Crippen MR) is 52.1 cm³/mol. The van der Waals surface area contributed by atoms with Gasteiger partial charge in [0.15, 0.2) is 0 Å². The van der Waals surface area contributed by atoms with Crippen LogP contribution in [-0.4, -0.2) is 32.4 Å². The molecule has 1 nitrogen and oxygen atoms in total. The van der Waals surface area contributed by atoms with Crippen LogP contribution >= 0.6 is 0 Å². The third kappa shape index (κ3) is 1.44. The van der Waals surface area contributed by atoms with Crippen molar-refractivity contribution >= 4 is 7.41 Å². The molecule has 0 fully saturated rings. The van der Waals surface area contributed by atoms with Gasteiger partial charge in [-0.05, 0) is 11.5 Å². The van der Waals surface area contributed by atoms with Crippen molar-refractivity contribution in [2.45, 2.75) is 6.42 Å². The fraction of sp³-hybridized carbons (Fsp3) is 0.400. The van der Waals surface area contributed by atoms with Crippen molar-refractivity contribution in [2.75, 3.05) is 20.6 Å². The highest BCUT2D eigenvalue weighted by Gasteiger charge is 2.23. The van der Waals surface area contributed by atoms with Gasteiger partial charge in [-0.2, -0.15) is 0 Å². The Hall–Kier alpha value is -0.625. The van der Waals surface area contributed by atoms with Crippen molar-refractivity contribution in [1.29, 1.82) is 0 Å². The molecule has 1 aliphatic carbocycles. The molecule has 1 heterocycles. The monoisotopic (exact) mass is 159 g/mol. The first-order valence-electron chi connectivity index (χ1n) is 4.44. The van der Waals surface area contributed by atoms with E-state index in [0.29, 0.717) is 0 Å². The number of hydrogen-bond donors (Lipinski definition) is 0. The molecular weight excluding hydrogens is 145 g/mol. The molecule has 61 valence electrons. The number of quaternary nitrogens is 1. The van der Waals surface area contributed by atoms with E-state index >= 15 is 0 Å². The van der Waals surface area contributed by atoms with Gasteiger partial charge >= 0.3 is 0 Å². The maximum absolute atomic E-state index is 2.33. The van der Waals surface area contributed by atoms with Crippen LogP contribution in [0.3, 0.4) is 0 Å². The molecular formula is C10H14BN+. The van der Waals surface area contributed by atoms with Crippen molar-refractivity contribution < 1.29 is 4.39 Å². The van der Waals surface area contributed by atoms with E-state index in [-0.39, 0.29) is 0 Å². The van der Waals surface area contributed by atoms with Crippen molar-refractivity contribution in [3.05, 3.63) is 36.0 Å². The molecule has 2 rings (SSSR count). The second-order valence-electron chi connectivity index (χ2n) is 4.08. The largest absolute Gasteiger partial charge is 0.556 e. The van der Waals surface area contributed by atoms with Crippen LogP contribution in [0.25, 0.3) is 0 Å². The van der Waals surface area contributed by atoms with E-state index in [1.165, 1.54) is 24.0 Å². The van der Waals surface area contributed by atoms with Gasteiger partial charge in [0.25, 0.3) is 0 Å². The number of hydrogen-bond acceptors (Lipinski definition) is 0. The molecule has 2 aliphatic rings. The third-order valence-corrected chi connectivity index (χ3v) is 2.50. The summed E-state index contributed by atoms with van der Waals surface area (Å²) in [5, 5.41) is 0. The van der Waals surface area contributed by atoms with Crippen molar-refractivity contribution in [3.8, 4) is 0 Å². The SMILES string of the molecule is C[N+]1(C)[B-]C2=C(C=C[CH][CH+]2)CC1. The molecule has 0 bridgehead atoms. The summed E-state index contributed by atoms with van der Waals surface area (Å²) in [5.41, 5.74) is 2.91. The van der Waals surface area contributed by atoms with E-state index in [1.807, 2.05) is 0 Å². The summed E-state index contributed by atoms with van der Waals surface area (Å²) in [6, 6.07) is 0. The van der Waals surface area contributed by atoms with E-state index in [1.54, 1.807) is 0 Å². The average Bonchev–Trinajstić information content (AvgIpc) is 2.02. The Labute approximate surface area is 75.6 Å². The van der Waals surface area contributed by atoms with Crippen LogP contribution in [0.15, 0.2) is 23.2 Å². The predicted octanol–water partition coefficient (Wildman–Crippen LogP) is 1.32. The minimum Gasteiger partial charge on any atom is -0.556 e. The normalized spacial score (nSPS) is 26.5. The van der Waals surface area contributed by atoms with Crippen LogP contribution in [0, 0.1) is 12.8 Å². The highest BCUT2D eigenvalue weighted by molar-refractivity contribution is 6.39. The van der Waals surface area contributed by atoms with E-state index in [9.17, 15) is 0 Å². The lowest BCUT2D eigenvalue weighted by Gasteiger charge is -2.45. The highest BCUT2D eigenvalue weighted by Crippen LogP contribution is 2.25. The van der Waals surface area contributed by atoms with Crippen LogP contribution in [0.5, 0.6) is 0 Å². The van der Waals surface area contributed by atoms with Gasteiger partial charge in [-0.15, -0.1) is 0 Å². The molecule has 2 heteroatoms. The zero-order valence-corrected chi connectivity index (χ0v) is 7.75. The maximum atomic E-state index is 2.33. The van der Waals surface area contributed by atoms with E-state index in [2.05, 4.69) is 46.5 Å². The standard InChI is InChI=1S/C10H14BN/c1-12(2)8-7-9-5-3-4-6-10(9)11-12/h3-6H,7-8H2,1-2H3/q+1. The molecule has 0 saturated heterocycles. The molecule has 0 unspecified atom stereocenters. The summed E-state index contributed by atoms with van der Waals surface area (Å²) >= 11 is 0. The molecule has 0 spiro atoms. The Morgan fingerprint density at radius 3 is 3.17 bits per heavy atom. The van der Waals surface area contributed by atoms with E-state index in [4.69, 9.17) is 0 Å². The third-order valence-electron chi connectivity index (χ3n) is 2.50. The minimum absolute atomic E-state index is 1.01. The number of rotatable bonds is 0. The van der Waals surface area contributed by atoms with Crippen molar-refractivity contribution in [3.63, 3.8) is 0 Å². The Morgan fingerprint density at radius 1 is 1.50 bits per heavy atom. The molecule has 0 atom stereocenters. The van der Waals surface area contributed by atoms with Crippen LogP contribution in [-0.2, 0) is 0 Å². The van der Waals surface area contributed by atoms with Crippen LogP contribution in [0.4, 0.5) is 0 Å². The molecule has 3 radical (unpaired) electrons. The van der Waals surface area contributed by atoms with Crippen molar-refractivity contribution in [1.82, 2.24) is 0 Å². The number of nitrogens with zero attached hydrogens (tertiary/aromatic N) is 1. The van der Waals surface area contributed by atoms with Crippen LogP contribution in [0.2, 0.25) is 0 Å². The maximum Gasteiger partial charge on any atom is 0.0872 e. The van der Waals surface area contributed by atoms with Gasteiger partial charge in [0.2, 0.25) is 0 Å². The van der Waals surface area contributed by atoms with Crippen LogP contribution < -0.4 is 0 Å². The van der Waals surface area contributed by atoms with Gasteiger partial charge in [-0.3, -0.25) is 0 Å². The lowest BCUT2D eigenvalue weighted by atomic mass is 9.67. The lowest BCUT2D eigenvalue weighted by Crippen LogP contribution is -2.48. The molecule has 0 aromatic rings. The fourth-order valence-corrected chi connectivity index (χ4v) is 1.74. The second kappa shape index (κ2) is 2.70. The Kier molecular flexibility index (Phi) is 1.80. The Balaban J connectivity index is 2.22. The van der Waals surface area contributed by atoms with Gasteiger partial charge < -0.3 is 4.39 Å². The second-order valence-corrected chi connectivity index (χ2v) is 4.08. The Morgan fingerprint density at radius 2 is 2.33 bits per heavy atom. The molecule has 12 heavy (non-hydrogen) atoms. The minimum atomic E-state index is 1.01. The summed E-state index contributed by atoms with van der Waals surface area (Å²) in [4.78, 5) is 0. The fourth-order valence-electron chi connectivity index (χ4n) is 1.74. The summed E-state index contributed by atoms with van der Waals surface area (Å²) in [5.74, 6) is 0.